The largest absolute Gasteiger partial charge is 0.487 e. The number of benzene rings is 3. The molecule has 32 heavy (non-hydrogen) atoms. The van der Waals surface area contributed by atoms with Crippen molar-refractivity contribution in [2.45, 2.75) is 34.3 Å². The molecule has 3 aromatic carbocycles. The second kappa shape index (κ2) is 10.2. The van der Waals surface area contributed by atoms with Crippen LogP contribution in [-0.2, 0) is 11.4 Å². The summed E-state index contributed by atoms with van der Waals surface area (Å²) in [5.74, 6) is 0.0766. The van der Waals surface area contributed by atoms with Crippen LogP contribution in [0.2, 0.25) is 5.02 Å². The van der Waals surface area contributed by atoms with Crippen molar-refractivity contribution in [1.82, 2.24) is 0 Å². The van der Waals surface area contributed by atoms with E-state index in [1.54, 1.807) is 18.2 Å². The van der Waals surface area contributed by atoms with Crippen molar-refractivity contribution in [2.24, 2.45) is 0 Å². The van der Waals surface area contributed by atoms with Gasteiger partial charge in [0, 0.05) is 5.69 Å². The zero-order chi connectivity index (χ0) is 23.3. The predicted molar refractivity (Wildman–Crippen MR) is 130 cm³/mol. The highest BCUT2D eigenvalue weighted by molar-refractivity contribution is 6.32. The number of carbonyl (C=O) groups excluding carboxylic acids is 1. The molecule has 0 spiro atoms. The van der Waals surface area contributed by atoms with Crippen LogP contribution in [0.5, 0.6) is 5.75 Å². The van der Waals surface area contributed by atoms with Crippen molar-refractivity contribution < 1.29 is 9.53 Å². The number of nitriles is 1. The van der Waals surface area contributed by atoms with Gasteiger partial charge in [0.15, 0.2) is 0 Å². The number of carbonyl (C=O) groups is 1. The Hall–Kier alpha value is -3.55. The minimum absolute atomic E-state index is 0.00854. The first-order valence-corrected chi connectivity index (χ1v) is 10.6. The number of hydrogen-bond donors (Lipinski definition) is 1. The van der Waals surface area contributed by atoms with Gasteiger partial charge in [-0.15, -0.1) is 0 Å². The highest BCUT2D eigenvalue weighted by Crippen LogP contribution is 2.28. The molecule has 162 valence electrons. The number of hydrogen-bond acceptors (Lipinski definition) is 3. The lowest BCUT2D eigenvalue weighted by atomic mass is 10.1. The molecule has 0 aromatic heterocycles. The van der Waals surface area contributed by atoms with Gasteiger partial charge < -0.3 is 10.1 Å². The number of halogens is 1. The van der Waals surface area contributed by atoms with Gasteiger partial charge in [0.25, 0.3) is 5.91 Å². The molecule has 0 aliphatic carbocycles. The van der Waals surface area contributed by atoms with Crippen LogP contribution in [0.25, 0.3) is 6.08 Å². The monoisotopic (exact) mass is 444 g/mol. The molecule has 0 fully saturated rings. The standard InChI is InChI=1S/C27H25ClN2O2/c1-17-8-9-22(12-19(17)3)16-32-26-11-10-21(14-24(26)28)13-23(15-29)27(31)30-25-7-5-6-18(2)20(25)4/h5-14H,16H2,1-4H3,(H,30,31)/b23-13+. The molecule has 3 rings (SSSR count). The van der Waals surface area contributed by atoms with Gasteiger partial charge in [-0.1, -0.05) is 48.0 Å². The summed E-state index contributed by atoms with van der Waals surface area (Å²) in [6.45, 7) is 8.43. The Bertz CT molecular complexity index is 1240. The molecule has 0 aliphatic heterocycles. The van der Waals surface area contributed by atoms with Gasteiger partial charge in [-0.05, 0) is 85.4 Å². The molecule has 0 aliphatic rings. The first-order valence-electron chi connectivity index (χ1n) is 10.3. The number of ether oxygens (including phenoxy) is 1. The van der Waals surface area contributed by atoms with E-state index in [9.17, 15) is 10.1 Å². The summed E-state index contributed by atoms with van der Waals surface area (Å²) < 4.78 is 5.86. The fraction of sp³-hybridized carbons (Fsp3) is 0.185. The average molecular weight is 445 g/mol. The Morgan fingerprint density at radius 3 is 2.50 bits per heavy atom. The van der Waals surface area contributed by atoms with E-state index in [0.717, 1.165) is 16.7 Å². The van der Waals surface area contributed by atoms with Crippen LogP contribution in [0, 0.1) is 39.0 Å². The lowest BCUT2D eigenvalue weighted by Crippen LogP contribution is -2.14. The zero-order valence-electron chi connectivity index (χ0n) is 18.6. The number of nitrogens with zero attached hydrogens (tertiary/aromatic N) is 1. The predicted octanol–water partition coefficient (Wildman–Crippen LogP) is 6.70. The van der Waals surface area contributed by atoms with Crippen molar-refractivity contribution >= 4 is 29.3 Å². The molecule has 0 unspecified atom stereocenters. The highest BCUT2D eigenvalue weighted by Gasteiger charge is 2.12. The molecule has 1 N–H and O–H groups in total. The van der Waals surface area contributed by atoms with Crippen LogP contribution in [-0.4, -0.2) is 5.91 Å². The minimum Gasteiger partial charge on any atom is -0.487 e. The normalized spacial score (nSPS) is 11.1. The molecule has 5 heteroatoms. The summed E-state index contributed by atoms with van der Waals surface area (Å²) in [6, 6.07) is 19.0. The Morgan fingerprint density at radius 2 is 1.81 bits per heavy atom. The summed E-state index contributed by atoms with van der Waals surface area (Å²) >= 11 is 6.39. The third kappa shape index (κ3) is 5.57. The number of amides is 1. The summed E-state index contributed by atoms with van der Waals surface area (Å²) in [4.78, 5) is 12.6. The maximum absolute atomic E-state index is 12.6. The van der Waals surface area contributed by atoms with Crippen LogP contribution >= 0.6 is 11.6 Å². The Morgan fingerprint density at radius 1 is 1.03 bits per heavy atom. The quantitative estimate of drug-likeness (QED) is 0.340. The second-order valence-electron chi connectivity index (χ2n) is 7.77. The molecular formula is C27H25ClN2O2. The van der Waals surface area contributed by atoms with Gasteiger partial charge in [0.05, 0.1) is 5.02 Å². The van der Waals surface area contributed by atoms with Crippen molar-refractivity contribution in [3.63, 3.8) is 0 Å². The van der Waals surface area contributed by atoms with Crippen molar-refractivity contribution in [3.8, 4) is 11.8 Å². The van der Waals surface area contributed by atoms with Gasteiger partial charge in [-0.25, -0.2) is 0 Å². The number of anilines is 1. The third-order valence-corrected chi connectivity index (χ3v) is 5.75. The summed E-state index contributed by atoms with van der Waals surface area (Å²) in [5, 5.41) is 12.7. The van der Waals surface area contributed by atoms with Gasteiger partial charge in [0.2, 0.25) is 0 Å². The van der Waals surface area contributed by atoms with Crippen LogP contribution in [0.15, 0.2) is 60.2 Å². The number of nitrogens with one attached hydrogen (secondary N) is 1. The van der Waals surface area contributed by atoms with Gasteiger partial charge in [0.1, 0.15) is 24.0 Å². The van der Waals surface area contributed by atoms with Crippen LogP contribution in [0.3, 0.4) is 0 Å². The second-order valence-corrected chi connectivity index (χ2v) is 8.18. The van der Waals surface area contributed by atoms with Gasteiger partial charge in [-0.3, -0.25) is 4.79 Å². The molecule has 0 bridgehead atoms. The molecule has 0 heterocycles. The van der Waals surface area contributed by atoms with Crippen molar-refractivity contribution in [2.75, 3.05) is 5.32 Å². The first kappa shape index (κ1) is 23.1. The molecule has 0 atom stereocenters. The average Bonchev–Trinajstić information content (AvgIpc) is 2.76. The molecule has 0 radical (unpaired) electrons. The lowest BCUT2D eigenvalue weighted by Gasteiger charge is -2.11. The molecular weight excluding hydrogens is 420 g/mol. The Balaban J connectivity index is 1.73. The molecule has 4 nitrogen and oxygen atoms in total. The van der Waals surface area contributed by atoms with E-state index in [1.807, 2.05) is 44.2 Å². The fourth-order valence-electron chi connectivity index (χ4n) is 3.17. The van der Waals surface area contributed by atoms with Crippen molar-refractivity contribution in [1.29, 1.82) is 5.26 Å². The maximum Gasteiger partial charge on any atom is 0.266 e. The van der Waals surface area contributed by atoms with E-state index < -0.39 is 5.91 Å². The third-order valence-electron chi connectivity index (χ3n) is 5.45. The van der Waals surface area contributed by atoms with Gasteiger partial charge in [-0.2, -0.15) is 5.26 Å². The smallest absolute Gasteiger partial charge is 0.266 e. The van der Waals surface area contributed by atoms with E-state index in [-0.39, 0.29) is 5.57 Å². The Labute approximate surface area is 194 Å². The SMILES string of the molecule is Cc1ccc(COc2ccc(/C=C(\C#N)C(=O)Nc3cccc(C)c3C)cc2Cl)cc1C. The molecule has 0 saturated heterocycles. The van der Waals surface area contributed by atoms with Crippen molar-refractivity contribution in [3.05, 3.63) is 98.6 Å². The summed E-state index contributed by atoms with van der Waals surface area (Å²) in [5.41, 5.74) is 6.85. The van der Waals surface area contributed by atoms with Crippen LogP contribution < -0.4 is 10.1 Å². The van der Waals surface area contributed by atoms with E-state index in [1.165, 1.54) is 17.2 Å². The fourth-order valence-corrected chi connectivity index (χ4v) is 3.41. The molecule has 3 aromatic rings. The van der Waals surface area contributed by atoms with Gasteiger partial charge >= 0.3 is 0 Å². The Kier molecular flexibility index (Phi) is 7.35. The molecule has 1 amide bonds. The number of aryl methyl sites for hydroxylation is 3. The maximum atomic E-state index is 12.6. The van der Waals surface area contributed by atoms with E-state index in [4.69, 9.17) is 16.3 Å². The first-order chi connectivity index (χ1) is 15.3. The summed E-state index contributed by atoms with van der Waals surface area (Å²) in [7, 11) is 0. The zero-order valence-corrected chi connectivity index (χ0v) is 19.4. The topological polar surface area (TPSA) is 62.1 Å². The highest BCUT2D eigenvalue weighted by atomic mass is 35.5. The van der Waals surface area contributed by atoms with Crippen LogP contribution in [0.4, 0.5) is 5.69 Å². The summed E-state index contributed by atoms with van der Waals surface area (Å²) in [6.07, 6.45) is 1.51. The van der Waals surface area contributed by atoms with E-state index in [2.05, 4.69) is 31.3 Å². The van der Waals surface area contributed by atoms with E-state index >= 15 is 0 Å². The van der Waals surface area contributed by atoms with E-state index in [0.29, 0.717) is 28.6 Å². The number of rotatable bonds is 6. The van der Waals surface area contributed by atoms with Crippen LogP contribution in [0.1, 0.15) is 33.4 Å². The molecule has 0 saturated carbocycles. The minimum atomic E-state index is -0.465. The lowest BCUT2D eigenvalue weighted by molar-refractivity contribution is -0.112.